The van der Waals surface area contributed by atoms with Crippen LogP contribution in [-0.4, -0.2) is 59.4 Å². The fourth-order valence-corrected chi connectivity index (χ4v) is 7.52. The third-order valence-corrected chi connectivity index (χ3v) is 10.3. The van der Waals surface area contributed by atoms with Crippen molar-refractivity contribution in [3.8, 4) is 11.5 Å². The van der Waals surface area contributed by atoms with Crippen molar-refractivity contribution in [2.75, 3.05) is 13.2 Å². The van der Waals surface area contributed by atoms with Gasteiger partial charge in [-0.25, -0.2) is 4.39 Å². The van der Waals surface area contributed by atoms with E-state index in [2.05, 4.69) is 17.6 Å². The van der Waals surface area contributed by atoms with Crippen LogP contribution in [0, 0.1) is 34.4 Å². The van der Waals surface area contributed by atoms with E-state index >= 15 is 4.39 Å². The highest BCUT2D eigenvalue weighted by Crippen LogP contribution is 2.49. The van der Waals surface area contributed by atoms with Crippen molar-refractivity contribution < 1.29 is 38.5 Å². The second-order valence-electron chi connectivity index (χ2n) is 13.7. The first-order valence-electron chi connectivity index (χ1n) is 15.5. The van der Waals surface area contributed by atoms with Gasteiger partial charge in [0.05, 0.1) is 35.7 Å². The zero-order chi connectivity index (χ0) is 30.2. The van der Waals surface area contributed by atoms with Crippen molar-refractivity contribution in [3.05, 3.63) is 23.5 Å². The largest absolute Gasteiger partial charge is 0.490 e. The number of aliphatic carboxylic acids is 1. The number of aliphatic hydroxyl groups excluding tert-OH is 1. The van der Waals surface area contributed by atoms with E-state index in [1.165, 1.54) is 12.5 Å². The quantitative estimate of drug-likeness (QED) is 0.300. The maximum absolute atomic E-state index is 15.2. The molecule has 0 radical (unpaired) electrons. The number of rotatable bonds is 11. The first-order chi connectivity index (χ1) is 19.9. The molecule has 0 saturated heterocycles. The van der Waals surface area contributed by atoms with E-state index in [-0.39, 0.29) is 71.1 Å². The van der Waals surface area contributed by atoms with Gasteiger partial charge in [0.1, 0.15) is 5.75 Å². The van der Waals surface area contributed by atoms with Crippen molar-refractivity contribution in [2.24, 2.45) is 28.6 Å². The van der Waals surface area contributed by atoms with Crippen LogP contribution in [-0.2, 0) is 9.59 Å². The van der Waals surface area contributed by atoms with E-state index in [4.69, 9.17) is 9.47 Å². The molecule has 9 nitrogen and oxygen atoms in total. The Morgan fingerprint density at radius 2 is 1.74 bits per heavy atom. The summed E-state index contributed by atoms with van der Waals surface area (Å²) in [5, 5.41) is 25.5. The van der Waals surface area contributed by atoms with E-state index in [1.807, 2.05) is 0 Å². The number of carbonyl (C=O) groups excluding carboxylic acids is 2. The predicted molar refractivity (Wildman–Crippen MR) is 153 cm³/mol. The fraction of sp³-hybridized carbons (Fsp3) is 0.719. The van der Waals surface area contributed by atoms with E-state index in [0.717, 1.165) is 38.2 Å². The Balaban J connectivity index is 1.32. The summed E-state index contributed by atoms with van der Waals surface area (Å²) in [7, 11) is 0. The molecule has 4 saturated carbocycles. The molecular weight excluding hydrogens is 543 g/mol. The van der Waals surface area contributed by atoms with Crippen molar-refractivity contribution in [1.29, 1.82) is 0 Å². The first kappa shape index (κ1) is 30.6. The van der Waals surface area contributed by atoms with Gasteiger partial charge in [-0.1, -0.05) is 13.3 Å². The Kier molecular flexibility index (Phi) is 8.75. The minimum atomic E-state index is -1.21. The van der Waals surface area contributed by atoms with Crippen molar-refractivity contribution in [1.82, 2.24) is 10.6 Å². The summed E-state index contributed by atoms with van der Waals surface area (Å²) < 4.78 is 27.0. The lowest BCUT2D eigenvalue weighted by Crippen LogP contribution is -2.51. The highest BCUT2D eigenvalue weighted by Gasteiger charge is 2.52. The van der Waals surface area contributed by atoms with Crippen molar-refractivity contribution >= 4 is 17.8 Å². The number of ether oxygens (including phenoxy) is 2. The summed E-state index contributed by atoms with van der Waals surface area (Å²) in [5.41, 5.74) is -0.919. The smallest absolute Gasteiger partial charge is 0.311 e. The molecule has 0 aliphatic heterocycles. The number of amides is 2. The number of carbonyl (C=O) groups is 3. The lowest BCUT2D eigenvalue weighted by atomic mass is 9.70. The second-order valence-corrected chi connectivity index (χ2v) is 13.7. The van der Waals surface area contributed by atoms with E-state index in [0.29, 0.717) is 19.4 Å². The van der Waals surface area contributed by atoms with Gasteiger partial charge in [0.25, 0.3) is 5.91 Å². The van der Waals surface area contributed by atoms with Gasteiger partial charge in [0, 0.05) is 18.7 Å². The summed E-state index contributed by atoms with van der Waals surface area (Å²) in [5.74, 6) is -2.03. The minimum absolute atomic E-state index is 0.0000202. The molecule has 0 unspecified atom stereocenters. The van der Waals surface area contributed by atoms with Gasteiger partial charge in [0.2, 0.25) is 5.91 Å². The molecule has 2 bridgehead atoms. The van der Waals surface area contributed by atoms with Gasteiger partial charge in [-0.3, -0.25) is 14.4 Å². The molecule has 232 valence electrons. The van der Waals surface area contributed by atoms with Crippen LogP contribution in [0.1, 0.15) is 95.3 Å². The molecule has 2 amide bonds. The van der Waals surface area contributed by atoms with Crippen molar-refractivity contribution in [3.63, 3.8) is 0 Å². The third-order valence-electron chi connectivity index (χ3n) is 10.3. The lowest BCUT2D eigenvalue weighted by Gasteiger charge is -2.39. The maximum Gasteiger partial charge on any atom is 0.311 e. The average molecular weight is 589 g/mol. The monoisotopic (exact) mass is 588 g/mol. The number of aliphatic hydroxyl groups is 1. The lowest BCUT2D eigenvalue weighted by molar-refractivity contribution is -0.155. The highest BCUT2D eigenvalue weighted by atomic mass is 19.1. The SMILES string of the molecule is CC(C)Oc1cc(F)c(O[C@H]2CC[C@@](CO)(C(=O)O)CC2)cc1C(=O)N[C@@H]1[C@H]2CC[C@H](C2)[C@@H]1C(=O)NCC1(C)CCC1. The first-order valence-corrected chi connectivity index (χ1v) is 15.5. The van der Waals surface area contributed by atoms with Crippen LogP contribution in [0.5, 0.6) is 11.5 Å². The van der Waals surface area contributed by atoms with Gasteiger partial charge in [-0.15, -0.1) is 0 Å². The summed E-state index contributed by atoms with van der Waals surface area (Å²) in [6, 6.07) is 2.20. The zero-order valence-electron chi connectivity index (χ0n) is 24.9. The van der Waals surface area contributed by atoms with Crippen LogP contribution in [0.15, 0.2) is 12.1 Å². The molecule has 1 aromatic rings. The summed E-state index contributed by atoms with van der Waals surface area (Å²) in [6.45, 7) is 5.97. The van der Waals surface area contributed by atoms with Crippen molar-refractivity contribution in [2.45, 2.75) is 103 Å². The van der Waals surface area contributed by atoms with Crippen LogP contribution in [0.25, 0.3) is 0 Å². The van der Waals surface area contributed by atoms with Crippen LogP contribution >= 0.6 is 0 Å². The molecule has 4 atom stereocenters. The Labute approximate surface area is 246 Å². The number of benzene rings is 1. The maximum atomic E-state index is 15.2. The standard InChI is InChI=1S/C32H45FN2O7/c1-18(2)41-24-15-23(33)25(42-21-7-11-32(17-36,12-8-21)30(39)40)14-22(24)28(37)35-27-20-6-5-19(13-20)26(27)29(38)34-16-31(3)9-4-10-31/h14-15,18-21,26-27,36H,4-13,16-17H2,1-3H3,(H,34,38)(H,35,37)(H,39,40)/t19-,20+,21-,26+,27-,32+/m1/s1. The number of fused-ring (bicyclic) bond motifs is 2. The van der Waals surface area contributed by atoms with Gasteiger partial charge in [-0.2, -0.15) is 0 Å². The van der Waals surface area contributed by atoms with Gasteiger partial charge < -0.3 is 30.3 Å². The second kappa shape index (κ2) is 12.0. The summed E-state index contributed by atoms with van der Waals surface area (Å²) >= 11 is 0. The van der Waals surface area contributed by atoms with Crippen LogP contribution in [0.2, 0.25) is 0 Å². The minimum Gasteiger partial charge on any atom is -0.490 e. The van der Waals surface area contributed by atoms with Gasteiger partial charge in [0.15, 0.2) is 11.6 Å². The van der Waals surface area contributed by atoms with Gasteiger partial charge in [-0.05, 0) is 95.0 Å². The number of carboxylic acids is 1. The molecule has 0 spiro atoms. The Morgan fingerprint density at radius 1 is 1.05 bits per heavy atom. The Hall–Kier alpha value is -2.88. The average Bonchev–Trinajstić information content (AvgIpc) is 3.54. The Bertz CT molecular complexity index is 1190. The van der Waals surface area contributed by atoms with E-state index < -0.39 is 35.8 Å². The van der Waals surface area contributed by atoms with Crippen LogP contribution in [0.3, 0.4) is 0 Å². The van der Waals surface area contributed by atoms with E-state index in [9.17, 15) is 24.6 Å². The number of hydrogen-bond acceptors (Lipinski definition) is 6. The predicted octanol–water partition coefficient (Wildman–Crippen LogP) is 4.45. The number of halogens is 1. The van der Waals surface area contributed by atoms with Gasteiger partial charge >= 0.3 is 5.97 Å². The summed E-state index contributed by atoms with van der Waals surface area (Å²) in [4.78, 5) is 38.8. The molecule has 4 fully saturated rings. The molecule has 4 aliphatic rings. The topological polar surface area (TPSA) is 134 Å². The summed E-state index contributed by atoms with van der Waals surface area (Å²) in [6.07, 6.45) is 6.57. The number of hydrogen-bond donors (Lipinski definition) is 4. The molecule has 10 heteroatoms. The third kappa shape index (κ3) is 6.10. The molecule has 0 heterocycles. The zero-order valence-corrected chi connectivity index (χ0v) is 24.9. The van der Waals surface area contributed by atoms with Crippen LogP contribution in [0.4, 0.5) is 4.39 Å². The Morgan fingerprint density at radius 3 is 2.33 bits per heavy atom. The molecular formula is C32H45FN2O7. The molecule has 1 aromatic carbocycles. The fourth-order valence-electron chi connectivity index (χ4n) is 7.52. The number of carboxylic acid groups (broad SMARTS) is 1. The molecule has 4 N–H and O–H groups in total. The molecule has 0 aromatic heterocycles. The van der Waals surface area contributed by atoms with Crippen LogP contribution < -0.4 is 20.1 Å². The number of nitrogens with one attached hydrogen (secondary N) is 2. The van der Waals surface area contributed by atoms with E-state index in [1.54, 1.807) is 13.8 Å². The highest BCUT2D eigenvalue weighted by molar-refractivity contribution is 5.98. The molecule has 4 aliphatic carbocycles. The normalized spacial score (nSPS) is 31.3. The molecule has 42 heavy (non-hydrogen) atoms. The molecule has 5 rings (SSSR count).